The van der Waals surface area contributed by atoms with Crippen LogP contribution in [0.5, 0.6) is 0 Å². The van der Waals surface area contributed by atoms with E-state index in [1.165, 1.54) is 24.8 Å². The maximum absolute atomic E-state index is 11.1. The zero-order chi connectivity index (χ0) is 18.5. The van der Waals surface area contributed by atoms with E-state index >= 15 is 0 Å². The highest BCUT2D eigenvalue weighted by Gasteiger charge is 2.37. The molecule has 2 aliphatic carbocycles. The first-order valence-electron chi connectivity index (χ1n) is 9.93. The molecule has 1 aromatic rings. The van der Waals surface area contributed by atoms with Crippen molar-refractivity contribution in [2.75, 3.05) is 33.4 Å². The van der Waals surface area contributed by atoms with Crippen molar-refractivity contribution < 1.29 is 9.84 Å². The van der Waals surface area contributed by atoms with Gasteiger partial charge in [0, 0.05) is 26.8 Å². The minimum atomic E-state index is -0.809. The van der Waals surface area contributed by atoms with E-state index in [1.807, 2.05) is 18.2 Å². The Balaban J connectivity index is 1.62. The molecule has 0 heterocycles. The fourth-order valence-corrected chi connectivity index (χ4v) is 4.15. The van der Waals surface area contributed by atoms with Crippen molar-refractivity contribution in [3.8, 4) is 0 Å². The number of rotatable bonds is 8. The number of aliphatic imine (C=N–C) groups is 1. The van der Waals surface area contributed by atoms with Gasteiger partial charge in [0.15, 0.2) is 5.96 Å². The van der Waals surface area contributed by atoms with Gasteiger partial charge in [0.25, 0.3) is 0 Å². The highest BCUT2D eigenvalue weighted by Crippen LogP contribution is 2.44. The standard InChI is InChI=1S/C21H33N3O2/c1-3-22-19(23-15-20(10-6-11-20)13-14-26-2)24-16-21(25)12-9-17-7-4-5-8-18(17)21/h4-5,7-8,25H,3,6,9-16H2,1-2H3,(H2,22,23,24). The van der Waals surface area contributed by atoms with Crippen LogP contribution >= 0.6 is 0 Å². The maximum atomic E-state index is 11.1. The van der Waals surface area contributed by atoms with Gasteiger partial charge in [-0.3, -0.25) is 4.99 Å². The molecule has 3 N–H and O–H groups in total. The number of nitrogens with one attached hydrogen (secondary N) is 2. The van der Waals surface area contributed by atoms with Crippen LogP contribution in [0.15, 0.2) is 29.3 Å². The van der Waals surface area contributed by atoms with Gasteiger partial charge in [-0.25, -0.2) is 0 Å². The van der Waals surface area contributed by atoms with Crippen LogP contribution in [0.2, 0.25) is 0 Å². The Hall–Kier alpha value is -1.59. The largest absolute Gasteiger partial charge is 0.385 e. The number of aryl methyl sites for hydroxylation is 1. The van der Waals surface area contributed by atoms with Gasteiger partial charge in [-0.15, -0.1) is 0 Å². The number of benzene rings is 1. The van der Waals surface area contributed by atoms with Crippen molar-refractivity contribution in [2.24, 2.45) is 10.4 Å². The van der Waals surface area contributed by atoms with Gasteiger partial charge in [0.1, 0.15) is 5.60 Å². The fraction of sp³-hybridized carbons (Fsp3) is 0.667. The van der Waals surface area contributed by atoms with Crippen molar-refractivity contribution >= 4 is 5.96 Å². The molecule has 5 nitrogen and oxygen atoms in total. The molecule has 1 unspecified atom stereocenters. The molecule has 1 aromatic carbocycles. The van der Waals surface area contributed by atoms with Crippen molar-refractivity contribution in [1.82, 2.24) is 10.6 Å². The second-order valence-electron chi connectivity index (χ2n) is 7.83. The first-order chi connectivity index (χ1) is 12.6. The van der Waals surface area contributed by atoms with Gasteiger partial charge >= 0.3 is 0 Å². The van der Waals surface area contributed by atoms with E-state index in [-0.39, 0.29) is 0 Å². The van der Waals surface area contributed by atoms with E-state index in [9.17, 15) is 5.11 Å². The lowest BCUT2D eigenvalue weighted by Gasteiger charge is -2.41. The average Bonchev–Trinajstić information content (AvgIpc) is 2.96. The van der Waals surface area contributed by atoms with E-state index < -0.39 is 5.60 Å². The maximum Gasteiger partial charge on any atom is 0.191 e. The van der Waals surface area contributed by atoms with Crippen LogP contribution in [-0.2, 0) is 16.8 Å². The number of aliphatic hydroxyl groups is 1. The minimum absolute atomic E-state index is 0.301. The number of ether oxygens (including phenoxy) is 1. The van der Waals surface area contributed by atoms with Crippen molar-refractivity contribution in [3.63, 3.8) is 0 Å². The number of hydrogen-bond acceptors (Lipinski definition) is 3. The highest BCUT2D eigenvalue weighted by molar-refractivity contribution is 5.79. The summed E-state index contributed by atoms with van der Waals surface area (Å²) in [6, 6.07) is 8.21. The Morgan fingerprint density at radius 2 is 2.04 bits per heavy atom. The van der Waals surface area contributed by atoms with Gasteiger partial charge in [-0.1, -0.05) is 30.7 Å². The van der Waals surface area contributed by atoms with Crippen LogP contribution < -0.4 is 10.6 Å². The van der Waals surface area contributed by atoms with Crippen molar-refractivity contribution in [1.29, 1.82) is 0 Å². The van der Waals surface area contributed by atoms with Crippen LogP contribution in [0.4, 0.5) is 0 Å². The van der Waals surface area contributed by atoms with Crippen molar-refractivity contribution in [2.45, 2.75) is 51.0 Å². The second kappa shape index (κ2) is 8.40. The minimum Gasteiger partial charge on any atom is -0.385 e. The molecule has 0 aliphatic heterocycles. The Morgan fingerprint density at radius 3 is 2.73 bits per heavy atom. The first kappa shape index (κ1) is 19.2. The Kier molecular flexibility index (Phi) is 6.20. The number of guanidine groups is 1. The smallest absolute Gasteiger partial charge is 0.191 e. The van der Waals surface area contributed by atoms with Crippen molar-refractivity contribution in [3.05, 3.63) is 35.4 Å². The number of fused-ring (bicyclic) bond motifs is 1. The number of hydrogen-bond donors (Lipinski definition) is 3. The van der Waals surface area contributed by atoms with E-state index in [0.29, 0.717) is 12.0 Å². The summed E-state index contributed by atoms with van der Waals surface area (Å²) < 4.78 is 5.28. The van der Waals surface area contributed by atoms with Gasteiger partial charge in [-0.05, 0) is 55.6 Å². The summed E-state index contributed by atoms with van der Waals surface area (Å²) in [6.45, 7) is 4.99. The topological polar surface area (TPSA) is 65.9 Å². The van der Waals surface area contributed by atoms with Gasteiger partial charge in [0.2, 0.25) is 0 Å². The van der Waals surface area contributed by atoms with Crippen LogP contribution in [0, 0.1) is 5.41 Å². The molecule has 26 heavy (non-hydrogen) atoms. The molecule has 1 atom stereocenters. The van der Waals surface area contributed by atoms with Crippen LogP contribution in [0.1, 0.15) is 50.2 Å². The SMILES string of the molecule is CCNC(=NCC1(CCOC)CCC1)NCC1(O)CCc2ccccc21. The molecule has 0 bridgehead atoms. The number of methoxy groups -OCH3 is 1. The molecule has 1 saturated carbocycles. The predicted molar refractivity (Wildman–Crippen MR) is 105 cm³/mol. The zero-order valence-corrected chi connectivity index (χ0v) is 16.2. The molecule has 0 saturated heterocycles. The fourth-order valence-electron chi connectivity index (χ4n) is 4.15. The summed E-state index contributed by atoms with van der Waals surface area (Å²) in [7, 11) is 1.77. The Bertz CT molecular complexity index is 627. The van der Waals surface area contributed by atoms with E-state index in [4.69, 9.17) is 9.73 Å². The second-order valence-corrected chi connectivity index (χ2v) is 7.83. The number of nitrogens with zero attached hydrogens (tertiary/aromatic N) is 1. The molecule has 2 aliphatic rings. The van der Waals surface area contributed by atoms with Gasteiger partial charge in [0.05, 0.1) is 6.54 Å². The molecule has 1 fully saturated rings. The lowest BCUT2D eigenvalue weighted by Crippen LogP contribution is -2.45. The summed E-state index contributed by atoms with van der Waals surface area (Å²) in [6.07, 6.45) is 6.52. The van der Waals surface area contributed by atoms with Crippen LogP contribution in [0.3, 0.4) is 0 Å². The summed E-state index contributed by atoms with van der Waals surface area (Å²) in [5.74, 6) is 0.800. The first-order valence-corrected chi connectivity index (χ1v) is 9.93. The van der Waals surface area contributed by atoms with E-state index in [0.717, 1.165) is 50.5 Å². The predicted octanol–water partition coefficient (Wildman–Crippen LogP) is 2.58. The van der Waals surface area contributed by atoms with Crippen LogP contribution in [-0.4, -0.2) is 44.4 Å². The monoisotopic (exact) mass is 359 g/mol. The van der Waals surface area contributed by atoms with Gasteiger partial charge < -0.3 is 20.5 Å². The summed E-state index contributed by atoms with van der Waals surface area (Å²) in [5.41, 5.74) is 1.80. The molecule has 0 radical (unpaired) electrons. The quantitative estimate of drug-likeness (QED) is 0.493. The molecule has 3 rings (SSSR count). The van der Waals surface area contributed by atoms with E-state index in [1.54, 1.807) is 7.11 Å². The average molecular weight is 360 g/mol. The third-order valence-corrected chi connectivity index (χ3v) is 6.04. The highest BCUT2D eigenvalue weighted by atomic mass is 16.5. The summed E-state index contributed by atoms with van der Waals surface area (Å²) in [4.78, 5) is 4.84. The lowest BCUT2D eigenvalue weighted by molar-refractivity contribution is 0.0431. The molecular formula is C21H33N3O2. The zero-order valence-electron chi connectivity index (χ0n) is 16.2. The molecule has 144 valence electrons. The Morgan fingerprint density at radius 1 is 1.23 bits per heavy atom. The van der Waals surface area contributed by atoms with E-state index in [2.05, 4.69) is 23.6 Å². The summed E-state index contributed by atoms with van der Waals surface area (Å²) >= 11 is 0. The lowest BCUT2D eigenvalue weighted by atomic mass is 9.67. The molecule has 0 amide bonds. The van der Waals surface area contributed by atoms with Crippen LogP contribution in [0.25, 0.3) is 0 Å². The van der Waals surface area contributed by atoms with Gasteiger partial charge in [-0.2, -0.15) is 0 Å². The third-order valence-electron chi connectivity index (χ3n) is 6.04. The molecule has 0 spiro atoms. The normalized spacial score (nSPS) is 24.0. The third kappa shape index (κ3) is 4.21. The molecule has 5 heteroatoms. The molecular weight excluding hydrogens is 326 g/mol. The molecule has 0 aromatic heterocycles. The Labute approximate surface area is 157 Å². The summed E-state index contributed by atoms with van der Waals surface area (Å²) in [5, 5.41) is 17.8.